The summed E-state index contributed by atoms with van der Waals surface area (Å²) in [6, 6.07) is 9.11. The van der Waals surface area contributed by atoms with Crippen molar-refractivity contribution in [2.45, 2.75) is 89.4 Å². The van der Waals surface area contributed by atoms with Crippen LogP contribution in [0.5, 0.6) is 0 Å². The Morgan fingerprint density at radius 2 is 1.81 bits per heavy atom. The van der Waals surface area contributed by atoms with Crippen LogP contribution in [0, 0.1) is 17.3 Å². The number of hydrogen-bond donors (Lipinski definition) is 0. The molecule has 1 spiro atoms. The van der Waals surface area contributed by atoms with Crippen LogP contribution in [0.1, 0.15) is 83.1 Å². The summed E-state index contributed by atoms with van der Waals surface area (Å²) < 4.78 is 12.2. The molecule has 1 aliphatic heterocycles. The van der Waals surface area contributed by atoms with Crippen LogP contribution in [-0.4, -0.2) is 37.7 Å². The minimum atomic E-state index is -0.416. The number of carbonyl (C=O) groups is 2. The van der Waals surface area contributed by atoms with Crippen molar-refractivity contribution in [1.29, 1.82) is 0 Å². The molecule has 1 aromatic carbocycles. The summed E-state index contributed by atoms with van der Waals surface area (Å²) in [6.07, 6.45) is 10.2. The average Bonchev–Trinajstić information content (AvgIpc) is 3.38. The Morgan fingerprint density at radius 1 is 1.06 bits per heavy atom. The standard InChI is InChI=1S/C31H39NO4/c1-19(33)35-28-14-16-31(36-28)15-13-27-25-11-7-21-17-23(34)10-12-24(21)29(25)26(18-30(27,31)2)20-5-8-22(9-6-20)32(3)4/h5-6,8-9,17,25-28H,7,10-16,18H2,1-4H3/t25?,26-,27?,28?,30+,31-/m1/s1. The number of benzene rings is 1. The number of rotatable bonds is 3. The van der Waals surface area contributed by atoms with E-state index in [4.69, 9.17) is 9.47 Å². The van der Waals surface area contributed by atoms with Crippen molar-refractivity contribution in [2.24, 2.45) is 17.3 Å². The molecule has 1 saturated heterocycles. The quantitative estimate of drug-likeness (QED) is 0.481. The molecule has 5 heteroatoms. The van der Waals surface area contributed by atoms with Crippen molar-refractivity contribution in [2.75, 3.05) is 19.0 Å². The first-order chi connectivity index (χ1) is 17.2. The topological polar surface area (TPSA) is 55.8 Å². The van der Waals surface area contributed by atoms with Gasteiger partial charge in [0.15, 0.2) is 5.78 Å². The zero-order valence-corrected chi connectivity index (χ0v) is 22.1. The van der Waals surface area contributed by atoms with E-state index >= 15 is 0 Å². The van der Waals surface area contributed by atoms with Crippen LogP contribution in [0.15, 0.2) is 47.1 Å². The summed E-state index contributed by atoms with van der Waals surface area (Å²) in [4.78, 5) is 26.1. The van der Waals surface area contributed by atoms with Crippen LogP contribution >= 0.6 is 0 Å². The number of allylic oxidation sites excluding steroid dienone is 4. The number of ether oxygens (including phenoxy) is 2. The molecule has 192 valence electrons. The highest BCUT2D eigenvalue weighted by Crippen LogP contribution is 2.69. The maximum Gasteiger partial charge on any atom is 0.304 e. The van der Waals surface area contributed by atoms with Gasteiger partial charge in [-0.15, -0.1) is 0 Å². The molecule has 36 heavy (non-hydrogen) atoms. The van der Waals surface area contributed by atoms with Gasteiger partial charge < -0.3 is 14.4 Å². The smallest absolute Gasteiger partial charge is 0.304 e. The minimum Gasteiger partial charge on any atom is -0.436 e. The molecule has 6 rings (SSSR count). The predicted octanol–water partition coefficient (Wildman–Crippen LogP) is 6.09. The largest absolute Gasteiger partial charge is 0.436 e. The monoisotopic (exact) mass is 489 g/mol. The summed E-state index contributed by atoms with van der Waals surface area (Å²) >= 11 is 0. The van der Waals surface area contributed by atoms with E-state index in [1.54, 1.807) is 5.57 Å². The van der Waals surface area contributed by atoms with Crippen molar-refractivity contribution < 1.29 is 19.1 Å². The molecule has 5 aliphatic rings. The molecular weight excluding hydrogens is 450 g/mol. The molecule has 5 nitrogen and oxygen atoms in total. The predicted molar refractivity (Wildman–Crippen MR) is 140 cm³/mol. The van der Waals surface area contributed by atoms with E-state index in [9.17, 15) is 9.59 Å². The molecular formula is C31H39NO4. The number of ketones is 1. The van der Waals surface area contributed by atoms with Crippen LogP contribution < -0.4 is 4.90 Å². The first-order valence-electron chi connectivity index (χ1n) is 13.8. The first kappa shape index (κ1) is 24.0. The highest BCUT2D eigenvalue weighted by atomic mass is 16.7. The Labute approximate surface area is 214 Å². The average molecular weight is 490 g/mol. The molecule has 3 unspecified atom stereocenters. The van der Waals surface area contributed by atoms with E-state index in [-0.39, 0.29) is 22.8 Å². The van der Waals surface area contributed by atoms with Crippen LogP contribution in [0.4, 0.5) is 5.69 Å². The van der Waals surface area contributed by atoms with Crippen LogP contribution in [-0.2, 0) is 19.1 Å². The van der Waals surface area contributed by atoms with Crippen LogP contribution in [0.2, 0.25) is 0 Å². The first-order valence-corrected chi connectivity index (χ1v) is 13.8. The molecule has 1 aromatic rings. The van der Waals surface area contributed by atoms with Gasteiger partial charge in [-0.3, -0.25) is 9.59 Å². The van der Waals surface area contributed by atoms with Crippen LogP contribution in [0.25, 0.3) is 0 Å². The van der Waals surface area contributed by atoms with Crippen LogP contribution in [0.3, 0.4) is 0 Å². The second kappa shape index (κ2) is 8.58. The lowest BCUT2D eigenvalue weighted by molar-refractivity contribution is -0.208. The Balaban J connectivity index is 1.44. The van der Waals surface area contributed by atoms with Gasteiger partial charge in [0.05, 0.1) is 5.60 Å². The lowest BCUT2D eigenvalue weighted by atomic mass is 9.51. The normalized spacial score (nSPS) is 37.3. The van der Waals surface area contributed by atoms with E-state index in [2.05, 4.69) is 50.2 Å². The number of nitrogens with zero attached hydrogens (tertiary/aromatic N) is 1. The number of fused-ring (bicyclic) bond motifs is 5. The maximum absolute atomic E-state index is 12.3. The lowest BCUT2D eigenvalue weighted by Crippen LogP contribution is -2.51. The fourth-order valence-electron chi connectivity index (χ4n) is 8.63. The molecule has 4 aliphatic carbocycles. The third-order valence-corrected chi connectivity index (χ3v) is 10.3. The van der Waals surface area contributed by atoms with E-state index in [0.717, 1.165) is 51.4 Å². The zero-order chi connectivity index (χ0) is 25.2. The summed E-state index contributed by atoms with van der Waals surface area (Å²) in [5.41, 5.74) is 6.79. The van der Waals surface area contributed by atoms with Crippen molar-refractivity contribution in [3.05, 3.63) is 52.6 Å². The molecule has 0 bridgehead atoms. The van der Waals surface area contributed by atoms with Crippen molar-refractivity contribution in [3.8, 4) is 0 Å². The van der Waals surface area contributed by atoms with Gasteiger partial charge >= 0.3 is 5.97 Å². The molecule has 0 N–H and O–H groups in total. The van der Waals surface area contributed by atoms with Gasteiger partial charge in [0.2, 0.25) is 6.29 Å². The Bertz CT molecular complexity index is 1150. The van der Waals surface area contributed by atoms with Gasteiger partial charge in [-0.05, 0) is 91.7 Å². The number of esters is 1. The van der Waals surface area contributed by atoms with Crippen molar-refractivity contribution in [1.82, 2.24) is 0 Å². The number of hydrogen-bond acceptors (Lipinski definition) is 5. The minimum absolute atomic E-state index is 0.0210. The SMILES string of the molecule is CC(=O)OC1CC[C@@]2(CCC3C4CCC5=CC(=O)CCC5=C4[C@@H](c4ccc(N(C)C)cc4)C[C@@]32C)O1. The van der Waals surface area contributed by atoms with Gasteiger partial charge in [-0.25, -0.2) is 0 Å². The van der Waals surface area contributed by atoms with Gasteiger partial charge in [0, 0.05) is 50.9 Å². The molecule has 0 amide bonds. The van der Waals surface area contributed by atoms with E-state index < -0.39 is 6.29 Å². The molecule has 1 heterocycles. The molecule has 0 aromatic heterocycles. The summed E-state index contributed by atoms with van der Waals surface area (Å²) in [5.74, 6) is 1.44. The summed E-state index contributed by atoms with van der Waals surface area (Å²) in [6.45, 7) is 3.95. The molecule has 2 saturated carbocycles. The lowest BCUT2D eigenvalue weighted by Gasteiger charge is -2.55. The van der Waals surface area contributed by atoms with Gasteiger partial charge in [0.1, 0.15) is 0 Å². The number of anilines is 1. The van der Waals surface area contributed by atoms with Gasteiger partial charge in [0.25, 0.3) is 0 Å². The third kappa shape index (κ3) is 3.60. The highest BCUT2D eigenvalue weighted by molar-refractivity contribution is 5.93. The third-order valence-electron chi connectivity index (χ3n) is 10.3. The number of carbonyl (C=O) groups excluding carboxylic acids is 2. The van der Waals surface area contributed by atoms with Crippen molar-refractivity contribution >= 4 is 17.4 Å². The fourth-order valence-corrected chi connectivity index (χ4v) is 8.63. The van der Waals surface area contributed by atoms with E-state index in [0.29, 0.717) is 24.2 Å². The Morgan fingerprint density at radius 3 is 2.53 bits per heavy atom. The second-order valence-electron chi connectivity index (χ2n) is 12.2. The summed E-state index contributed by atoms with van der Waals surface area (Å²) in [7, 11) is 4.16. The second-order valence-corrected chi connectivity index (χ2v) is 12.2. The summed E-state index contributed by atoms with van der Waals surface area (Å²) in [5, 5.41) is 0. The Hall–Kier alpha value is -2.40. The zero-order valence-electron chi connectivity index (χ0n) is 22.1. The maximum atomic E-state index is 12.3. The fraction of sp³-hybridized carbons (Fsp3) is 0.613. The Kier molecular flexibility index (Phi) is 5.71. The molecule has 0 radical (unpaired) electrons. The van der Waals surface area contributed by atoms with E-state index in [1.807, 2.05) is 6.08 Å². The van der Waals surface area contributed by atoms with Gasteiger partial charge in [-0.2, -0.15) is 0 Å². The van der Waals surface area contributed by atoms with Gasteiger partial charge in [-0.1, -0.05) is 24.6 Å². The van der Waals surface area contributed by atoms with Crippen molar-refractivity contribution in [3.63, 3.8) is 0 Å². The highest BCUT2D eigenvalue weighted by Gasteiger charge is 2.66. The molecule has 6 atom stereocenters. The van der Waals surface area contributed by atoms with E-state index in [1.165, 1.54) is 29.3 Å². The molecule has 3 fully saturated rings.